The zero-order valence-corrected chi connectivity index (χ0v) is 11.1. The first-order chi connectivity index (χ1) is 7.18. The van der Waals surface area contributed by atoms with E-state index in [0.717, 1.165) is 12.2 Å². The highest BCUT2D eigenvalue weighted by molar-refractivity contribution is 7.99. The van der Waals surface area contributed by atoms with E-state index in [1.807, 2.05) is 18.2 Å². The molecule has 0 aliphatic carbocycles. The maximum atomic E-state index is 5.92. The molecule has 15 heavy (non-hydrogen) atoms. The van der Waals surface area contributed by atoms with E-state index in [4.69, 9.17) is 34.8 Å². The van der Waals surface area contributed by atoms with Crippen molar-refractivity contribution in [3.63, 3.8) is 0 Å². The largest absolute Gasteiger partial charge is 0.127 e. The minimum Gasteiger partial charge on any atom is -0.126 e. The summed E-state index contributed by atoms with van der Waals surface area (Å²) in [7, 11) is 0. The summed E-state index contributed by atoms with van der Waals surface area (Å²) >= 11 is 18.8. The van der Waals surface area contributed by atoms with Crippen molar-refractivity contribution in [2.24, 2.45) is 0 Å². The number of hydrogen-bond acceptors (Lipinski definition) is 1. The van der Waals surface area contributed by atoms with Crippen LogP contribution in [0, 0.1) is 0 Å². The summed E-state index contributed by atoms with van der Waals surface area (Å²) < 4.78 is 0. The monoisotopic (exact) mass is 280 g/mol. The van der Waals surface area contributed by atoms with Gasteiger partial charge in [-0.1, -0.05) is 29.8 Å². The van der Waals surface area contributed by atoms with Gasteiger partial charge in [0.15, 0.2) is 0 Å². The molecule has 0 aliphatic rings. The second-order valence-corrected chi connectivity index (χ2v) is 5.68. The number of halogens is 3. The van der Waals surface area contributed by atoms with Gasteiger partial charge in [0.25, 0.3) is 0 Å². The molecule has 0 amide bonds. The Bertz CT molecular complexity index is 309. The summed E-state index contributed by atoms with van der Waals surface area (Å²) in [6, 6.07) is 10.2. The van der Waals surface area contributed by atoms with Crippen LogP contribution in [0.2, 0.25) is 0 Å². The van der Waals surface area contributed by atoms with Gasteiger partial charge in [-0.25, -0.2) is 0 Å². The molecular weight excluding hydrogens is 271 g/mol. The predicted molar refractivity (Wildman–Crippen MR) is 71.2 cm³/mol. The zero-order valence-electron chi connectivity index (χ0n) is 8.00. The van der Waals surface area contributed by atoms with Gasteiger partial charge in [0.1, 0.15) is 4.84 Å². The minimum absolute atomic E-state index is 0.515. The average molecular weight is 282 g/mol. The van der Waals surface area contributed by atoms with E-state index in [9.17, 15) is 0 Å². The molecule has 0 unspecified atom stereocenters. The Labute approximate surface area is 110 Å². The van der Waals surface area contributed by atoms with Crippen LogP contribution in [0.3, 0.4) is 0 Å². The lowest BCUT2D eigenvalue weighted by Gasteiger charge is -2.01. The second kappa shape index (κ2) is 7.45. The molecule has 1 rings (SSSR count). The fourth-order valence-electron chi connectivity index (χ4n) is 1.00. The van der Waals surface area contributed by atoms with Gasteiger partial charge in [-0.05, 0) is 24.6 Å². The van der Waals surface area contributed by atoms with Gasteiger partial charge in [0, 0.05) is 15.7 Å². The van der Waals surface area contributed by atoms with E-state index in [-0.39, 0.29) is 0 Å². The maximum Gasteiger partial charge on any atom is 0.127 e. The lowest BCUT2D eigenvalue weighted by atomic mass is 10.4. The minimum atomic E-state index is -0.515. The Morgan fingerprint density at radius 2 is 1.93 bits per heavy atom. The van der Waals surface area contributed by atoms with Crippen LogP contribution >= 0.6 is 46.6 Å². The Balaban J connectivity index is 2.28. The average Bonchev–Trinajstić information content (AvgIpc) is 2.18. The summed E-state index contributed by atoms with van der Waals surface area (Å²) in [6.07, 6.45) is 2.44. The third-order valence-corrected chi connectivity index (χ3v) is 3.24. The van der Waals surface area contributed by atoms with Crippen molar-refractivity contribution >= 4 is 46.6 Å². The third-order valence-electron chi connectivity index (χ3n) is 1.66. The molecule has 0 saturated heterocycles. The van der Waals surface area contributed by atoms with Crippen LogP contribution in [-0.4, -0.2) is 10.6 Å². The molecule has 1 aromatic rings. The van der Waals surface area contributed by atoms with E-state index >= 15 is 0 Å². The number of thioether (sulfide) groups is 1. The summed E-state index contributed by atoms with van der Waals surface area (Å²) in [5, 5.41) is 0.716. The molecule has 0 aliphatic heterocycles. The lowest BCUT2D eigenvalue weighted by Crippen LogP contribution is -1.84. The van der Waals surface area contributed by atoms with Crippen molar-refractivity contribution in [2.45, 2.75) is 16.2 Å². The Morgan fingerprint density at radius 1 is 1.27 bits per heavy atom. The number of allylic oxidation sites excluding steroid dienone is 2. The summed E-state index contributed by atoms with van der Waals surface area (Å²) in [6.45, 7) is 0. The van der Waals surface area contributed by atoms with Crippen LogP contribution in [0.5, 0.6) is 0 Å². The zero-order chi connectivity index (χ0) is 11.1. The molecule has 0 aromatic heterocycles. The molecule has 0 radical (unpaired) electrons. The second-order valence-electron chi connectivity index (χ2n) is 2.86. The molecule has 82 valence electrons. The van der Waals surface area contributed by atoms with Gasteiger partial charge in [-0.15, -0.1) is 35.0 Å². The summed E-state index contributed by atoms with van der Waals surface area (Å²) in [4.78, 5) is 0.731. The van der Waals surface area contributed by atoms with Gasteiger partial charge < -0.3 is 0 Å². The van der Waals surface area contributed by atoms with E-state index in [0.29, 0.717) is 5.03 Å². The van der Waals surface area contributed by atoms with Gasteiger partial charge in [0.05, 0.1) is 0 Å². The molecule has 0 atom stereocenters. The molecule has 0 bridgehead atoms. The molecular formula is C11H11Cl3S. The predicted octanol–water partition coefficient (Wildman–Crippen LogP) is 5.10. The Morgan fingerprint density at radius 3 is 2.53 bits per heavy atom. The van der Waals surface area contributed by atoms with Crippen molar-refractivity contribution < 1.29 is 0 Å². The normalized spacial score (nSPS) is 12.1. The van der Waals surface area contributed by atoms with Gasteiger partial charge in [-0.3, -0.25) is 0 Å². The van der Waals surface area contributed by atoms with Crippen LogP contribution in [0.25, 0.3) is 0 Å². The molecule has 4 heteroatoms. The number of benzene rings is 1. The summed E-state index contributed by atoms with van der Waals surface area (Å²) in [5.41, 5.74) is 0. The fraction of sp³-hybridized carbons (Fsp3) is 0.273. The van der Waals surface area contributed by atoms with Gasteiger partial charge >= 0.3 is 0 Å². The van der Waals surface area contributed by atoms with Crippen molar-refractivity contribution in [2.75, 3.05) is 5.75 Å². The summed E-state index contributed by atoms with van der Waals surface area (Å²) in [5.74, 6) is 0.930. The highest BCUT2D eigenvalue weighted by atomic mass is 35.5. The van der Waals surface area contributed by atoms with Crippen molar-refractivity contribution in [3.8, 4) is 0 Å². The van der Waals surface area contributed by atoms with Crippen LogP contribution in [-0.2, 0) is 0 Å². The third kappa shape index (κ3) is 6.36. The molecule has 0 heterocycles. The topological polar surface area (TPSA) is 0 Å². The quantitative estimate of drug-likeness (QED) is 0.535. The van der Waals surface area contributed by atoms with E-state index in [1.165, 1.54) is 4.90 Å². The van der Waals surface area contributed by atoms with E-state index in [1.54, 1.807) is 17.8 Å². The fourth-order valence-corrected chi connectivity index (χ4v) is 2.68. The van der Waals surface area contributed by atoms with Gasteiger partial charge in [-0.2, -0.15) is 0 Å². The molecule has 1 aromatic carbocycles. The number of rotatable bonds is 5. The Kier molecular flexibility index (Phi) is 6.58. The number of hydrogen-bond donors (Lipinski definition) is 0. The first-order valence-electron chi connectivity index (χ1n) is 4.50. The van der Waals surface area contributed by atoms with Crippen molar-refractivity contribution in [1.29, 1.82) is 0 Å². The van der Waals surface area contributed by atoms with Crippen LogP contribution in [0.4, 0.5) is 0 Å². The van der Waals surface area contributed by atoms with E-state index < -0.39 is 4.84 Å². The highest BCUT2D eigenvalue weighted by Gasteiger charge is 1.98. The standard InChI is InChI=1S/C11H11Cl3S/c12-9(8-11(13)14)6-7-15-10-4-2-1-3-5-10/h1-5,8,11H,6-7H2/b9-8-. The first kappa shape index (κ1) is 13.2. The maximum absolute atomic E-state index is 5.92. The van der Waals surface area contributed by atoms with Crippen LogP contribution < -0.4 is 0 Å². The smallest absolute Gasteiger partial charge is 0.126 e. The van der Waals surface area contributed by atoms with Crippen molar-refractivity contribution in [3.05, 3.63) is 41.4 Å². The molecule has 0 spiro atoms. The highest BCUT2D eigenvalue weighted by Crippen LogP contribution is 2.22. The SMILES string of the molecule is Cl/C(=C\C(Cl)Cl)CCSc1ccccc1. The molecule has 0 nitrogen and oxygen atoms in total. The molecule has 0 N–H and O–H groups in total. The molecule has 0 saturated carbocycles. The molecule has 0 fully saturated rings. The lowest BCUT2D eigenvalue weighted by molar-refractivity contribution is 1.20. The Hall–Kier alpha value is 0.180. The first-order valence-corrected chi connectivity index (χ1v) is 6.74. The van der Waals surface area contributed by atoms with Crippen molar-refractivity contribution in [1.82, 2.24) is 0 Å². The van der Waals surface area contributed by atoms with Crippen LogP contribution in [0.1, 0.15) is 6.42 Å². The van der Waals surface area contributed by atoms with E-state index in [2.05, 4.69) is 12.1 Å². The van der Waals surface area contributed by atoms with Crippen LogP contribution in [0.15, 0.2) is 46.3 Å². The number of alkyl halides is 2. The van der Waals surface area contributed by atoms with Gasteiger partial charge in [0.2, 0.25) is 0 Å².